The lowest BCUT2D eigenvalue weighted by atomic mass is 9.79. The number of carbonyl (C=O) groups excluding carboxylic acids is 1. The van der Waals surface area contributed by atoms with Gasteiger partial charge in [-0.3, -0.25) is 4.79 Å². The first-order valence-corrected chi connectivity index (χ1v) is 8.50. The highest BCUT2D eigenvalue weighted by Crippen LogP contribution is 2.32. The van der Waals surface area contributed by atoms with Crippen LogP contribution in [0.5, 0.6) is 0 Å². The van der Waals surface area contributed by atoms with Crippen LogP contribution in [0.1, 0.15) is 30.1 Å². The largest absolute Gasteiger partial charge is 0.384 e. The van der Waals surface area contributed by atoms with Crippen LogP contribution < -0.4 is 10.6 Å². The monoisotopic (exact) mass is 380 g/mol. The Morgan fingerprint density at radius 1 is 1.31 bits per heavy atom. The van der Waals surface area contributed by atoms with Gasteiger partial charge in [-0.1, -0.05) is 22.9 Å². The first-order chi connectivity index (χ1) is 12.1. The van der Waals surface area contributed by atoms with Crippen LogP contribution in [0, 0.1) is 6.92 Å². The highest BCUT2D eigenvalue weighted by atomic mass is 35.5. The normalized spacial score (nSPS) is 15.9. The molecular weight excluding hydrogens is 356 g/mol. The van der Waals surface area contributed by atoms with Crippen LogP contribution in [0.25, 0.3) is 0 Å². The minimum atomic E-state index is -0.265. The van der Waals surface area contributed by atoms with Crippen molar-refractivity contribution in [1.29, 1.82) is 0 Å². The number of amides is 1. The molecule has 1 saturated heterocycles. The molecule has 1 aliphatic heterocycles. The molecule has 2 N–H and O–H groups in total. The average molecular weight is 381 g/mol. The Kier molecular flexibility index (Phi) is 7.14. The number of piperidine rings is 1. The summed E-state index contributed by atoms with van der Waals surface area (Å²) in [5.41, 5.74) is 1.64. The molecule has 0 unspecified atom stereocenters. The SMILES string of the molecule is COCC1(c2nc(CC(=O)Nc3ccc(C)cc3)no2)CCNCC1.Cl. The summed E-state index contributed by atoms with van der Waals surface area (Å²) < 4.78 is 10.9. The zero-order chi connectivity index (χ0) is 17.7. The van der Waals surface area contributed by atoms with Gasteiger partial charge in [0.05, 0.1) is 18.4 Å². The van der Waals surface area contributed by atoms with Crippen LogP contribution in [-0.4, -0.2) is 42.9 Å². The van der Waals surface area contributed by atoms with Crippen LogP contribution in [0.2, 0.25) is 0 Å². The van der Waals surface area contributed by atoms with E-state index in [4.69, 9.17) is 9.26 Å². The lowest BCUT2D eigenvalue weighted by molar-refractivity contribution is -0.115. The average Bonchev–Trinajstić information content (AvgIpc) is 3.07. The summed E-state index contributed by atoms with van der Waals surface area (Å²) in [4.78, 5) is 16.7. The topological polar surface area (TPSA) is 89.3 Å². The van der Waals surface area contributed by atoms with Gasteiger partial charge in [0, 0.05) is 12.8 Å². The summed E-state index contributed by atoms with van der Waals surface area (Å²) in [6, 6.07) is 7.65. The van der Waals surface area contributed by atoms with E-state index in [1.807, 2.05) is 31.2 Å². The van der Waals surface area contributed by atoms with Crippen molar-refractivity contribution in [3.8, 4) is 0 Å². The molecule has 26 heavy (non-hydrogen) atoms. The van der Waals surface area contributed by atoms with E-state index in [2.05, 4.69) is 20.8 Å². The number of carbonyl (C=O) groups is 1. The number of benzene rings is 1. The first kappa shape index (κ1) is 20.4. The number of ether oxygens (including phenoxy) is 1. The van der Waals surface area contributed by atoms with Crippen LogP contribution in [0.4, 0.5) is 5.69 Å². The summed E-state index contributed by atoms with van der Waals surface area (Å²) >= 11 is 0. The van der Waals surface area contributed by atoms with E-state index in [9.17, 15) is 4.79 Å². The molecule has 3 rings (SSSR count). The fraction of sp³-hybridized carbons (Fsp3) is 0.500. The number of aryl methyl sites for hydroxylation is 1. The van der Waals surface area contributed by atoms with Crippen molar-refractivity contribution in [2.45, 2.75) is 31.6 Å². The molecule has 0 saturated carbocycles. The molecule has 0 radical (unpaired) electrons. The summed E-state index contributed by atoms with van der Waals surface area (Å²) in [6.07, 6.45) is 1.83. The van der Waals surface area contributed by atoms with Crippen LogP contribution in [-0.2, 0) is 21.4 Å². The van der Waals surface area contributed by atoms with Crippen LogP contribution in [0.15, 0.2) is 28.8 Å². The second kappa shape index (κ2) is 9.12. The van der Waals surface area contributed by atoms with E-state index < -0.39 is 0 Å². The molecule has 7 nitrogen and oxygen atoms in total. The number of methoxy groups -OCH3 is 1. The van der Waals surface area contributed by atoms with Crippen molar-refractivity contribution >= 4 is 24.0 Å². The third-order valence-electron chi connectivity index (χ3n) is 4.56. The number of hydrogen-bond acceptors (Lipinski definition) is 6. The molecule has 1 amide bonds. The van der Waals surface area contributed by atoms with Crippen molar-refractivity contribution in [3.05, 3.63) is 41.5 Å². The van der Waals surface area contributed by atoms with Crippen molar-refractivity contribution in [2.75, 3.05) is 32.1 Å². The first-order valence-electron chi connectivity index (χ1n) is 8.50. The lowest BCUT2D eigenvalue weighted by Gasteiger charge is -2.33. The van der Waals surface area contributed by atoms with Crippen LogP contribution >= 0.6 is 12.4 Å². The molecule has 0 aliphatic carbocycles. The summed E-state index contributed by atoms with van der Waals surface area (Å²) in [5, 5.41) is 10.2. The van der Waals surface area contributed by atoms with Gasteiger partial charge in [-0.2, -0.15) is 4.98 Å². The number of aromatic nitrogens is 2. The second-order valence-electron chi connectivity index (χ2n) is 6.57. The van der Waals surface area contributed by atoms with Gasteiger partial charge >= 0.3 is 0 Å². The third-order valence-corrected chi connectivity index (χ3v) is 4.56. The predicted molar refractivity (Wildman–Crippen MR) is 101 cm³/mol. The molecular formula is C18H25ClN4O3. The van der Waals surface area contributed by atoms with Gasteiger partial charge in [-0.25, -0.2) is 0 Å². The molecule has 2 heterocycles. The van der Waals surface area contributed by atoms with E-state index in [0.29, 0.717) is 18.3 Å². The molecule has 1 aromatic heterocycles. The van der Waals surface area contributed by atoms with Crippen molar-refractivity contribution in [3.63, 3.8) is 0 Å². The van der Waals surface area contributed by atoms with Crippen molar-refractivity contribution in [2.24, 2.45) is 0 Å². The summed E-state index contributed by atoms with van der Waals surface area (Å²) in [7, 11) is 1.68. The quantitative estimate of drug-likeness (QED) is 0.799. The second-order valence-corrected chi connectivity index (χ2v) is 6.57. The van der Waals surface area contributed by atoms with Gasteiger partial charge in [0.1, 0.15) is 0 Å². The number of nitrogens with zero attached hydrogens (tertiary/aromatic N) is 2. The summed E-state index contributed by atoms with van der Waals surface area (Å²) in [6.45, 7) is 4.30. The van der Waals surface area contributed by atoms with E-state index in [0.717, 1.165) is 37.2 Å². The molecule has 0 spiro atoms. The highest BCUT2D eigenvalue weighted by molar-refractivity contribution is 5.91. The van der Waals surface area contributed by atoms with Gasteiger partial charge < -0.3 is 19.9 Å². The maximum Gasteiger partial charge on any atom is 0.235 e. The lowest BCUT2D eigenvalue weighted by Crippen LogP contribution is -2.43. The van der Waals surface area contributed by atoms with E-state index in [-0.39, 0.29) is 30.2 Å². The molecule has 0 atom stereocenters. The maximum absolute atomic E-state index is 12.2. The van der Waals surface area contributed by atoms with Gasteiger partial charge in [-0.05, 0) is 45.0 Å². The predicted octanol–water partition coefficient (Wildman–Crippen LogP) is 2.25. The minimum Gasteiger partial charge on any atom is -0.384 e. The zero-order valence-corrected chi connectivity index (χ0v) is 15.9. The Hall–Kier alpha value is -1.96. The molecule has 8 heteroatoms. The zero-order valence-electron chi connectivity index (χ0n) is 15.1. The van der Waals surface area contributed by atoms with Gasteiger partial charge in [0.2, 0.25) is 11.8 Å². The number of halogens is 1. The number of hydrogen-bond donors (Lipinski definition) is 2. The van der Waals surface area contributed by atoms with Gasteiger partial charge in [0.25, 0.3) is 0 Å². The van der Waals surface area contributed by atoms with E-state index in [1.54, 1.807) is 7.11 Å². The summed E-state index contributed by atoms with van der Waals surface area (Å²) in [5.74, 6) is 0.796. The Labute approximate surface area is 159 Å². The highest BCUT2D eigenvalue weighted by Gasteiger charge is 2.39. The Morgan fingerprint density at radius 2 is 2.00 bits per heavy atom. The number of rotatable bonds is 6. The third kappa shape index (κ3) is 4.81. The fourth-order valence-corrected chi connectivity index (χ4v) is 3.13. The van der Waals surface area contributed by atoms with E-state index in [1.165, 1.54) is 0 Å². The molecule has 1 aliphatic rings. The van der Waals surface area contributed by atoms with Gasteiger partial charge in [0.15, 0.2) is 5.82 Å². The van der Waals surface area contributed by atoms with E-state index >= 15 is 0 Å². The molecule has 142 valence electrons. The van der Waals surface area contributed by atoms with Crippen LogP contribution in [0.3, 0.4) is 0 Å². The Bertz CT molecular complexity index is 706. The van der Waals surface area contributed by atoms with Crippen molar-refractivity contribution in [1.82, 2.24) is 15.5 Å². The molecule has 2 aromatic rings. The smallest absolute Gasteiger partial charge is 0.235 e. The van der Waals surface area contributed by atoms with Crippen molar-refractivity contribution < 1.29 is 14.1 Å². The van der Waals surface area contributed by atoms with Gasteiger partial charge in [-0.15, -0.1) is 12.4 Å². The molecule has 0 bridgehead atoms. The maximum atomic E-state index is 12.2. The Morgan fingerprint density at radius 3 is 2.65 bits per heavy atom. The minimum absolute atomic E-state index is 0. The fourth-order valence-electron chi connectivity index (χ4n) is 3.13. The number of nitrogens with one attached hydrogen (secondary N) is 2. The molecule has 1 fully saturated rings. The Balaban J connectivity index is 0.00000243. The standard InChI is InChI=1S/C18H24N4O3.ClH/c1-13-3-5-14(6-4-13)20-16(23)11-15-21-17(25-22-15)18(12-24-2)7-9-19-10-8-18;/h3-6,19H,7-12H2,1-2H3,(H,20,23);1H. The molecule has 1 aromatic carbocycles. The number of anilines is 1.